The molecule has 0 saturated carbocycles. The van der Waals surface area contributed by atoms with E-state index in [9.17, 15) is 4.79 Å². The number of rotatable bonds is 4. The number of nitrogens with one attached hydrogen (secondary N) is 1. The van der Waals surface area contributed by atoms with Gasteiger partial charge < -0.3 is 10.2 Å². The van der Waals surface area contributed by atoms with Gasteiger partial charge in [0.15, 0.2) is 0 Å². The van der Waals surface area contributed by atoms with Gasteiger partial charge in [0.25, 0.3) is 0 Å². The van der Waals surface area contributed by atoms with Gasteiger partial charge in [-0.25, -0.2) is 4.79 Å². The van der Waals surface area contributed by atoms with E-state index in [1.807, 2.05) is 46.1 Å². The number of hydrogen-bond donors (Lipinski definition) is 1. The van der Waals surface area contributed by atoms with Crippen LogP contribution in [0.25, 0.3) is 0 Å². The SMILES string of the molecule is CC[C@@H]1CCCN(C(=O)Nc2ccc(Cn3cccn3)cc2)C1. The highest BCUT2D eigenvalue weighted by molar-refractivity contribution is 5.89. The standard InChI is InChI=1S/C18H24N4O/c1-2-15-5-3-11-21(13-15)18(23)20-17-8-6-16(7-9-17)14-22-12-4-10-19-22/h4,6-10,12,15H,2-3,5,11,13-14H2,1H3,(H,20,23)/t15-/m1/s1. The molecule has 2 aromatic rings. The van der Waals surface area contributed by atoms with Crippen molar-refractivity contribution in [3.8, 4) is 0 Å². The predicted octanol–water partition coefficient (Wildman–Crippen LogP) is 3.59. The first-order chi connectivity index (χ1) is 11.2. The van der Waals surface area contributed by atoms with Crippen molar-refractivity contribution in [2.75, 3.05) is 18.4 Å². The number of benzene rings is 1. The van der Waals surface area contributed by atoms with Crippen LogP contribution in [0.15, 0.2) is 42.7 Å². The Morgan fingerprint density at radius 2 is 2.17 bits per heavy atom. The maximum absolute atomic E-state index is 12.4. The smallest absolute Gasteiger partial charge is 0.321 e. The van der Waals surface area contributed by atoms with E-state index in [0.717, 1.165) is 43.7 Å². The van der Waals surface area contributed by atoms with Crippen molar-refractivity contribution >= 4 is 11.7 Å². The lowest BCUT2D eigenvalue weighted by molar-refractivity contribution is 0.176. The van der Waals surface area contributed by atoms with Crippen molar-refractivity contribution in [3.05, 3.63) is 48.3 Å². The molecule has 0 bridgehead atoms. The molecule has 5 heteroatoms. The number of piperidine rings is 1. The van der Waals surface area contributed by atoms with E-state index in [4.69, 9.17) is 0 Å². The van der Waals surface area contributed by atoms with Crippen LogP contribution in [0.4, 0.5) is 10.5 Å². The zero-order valence-electron chi connectivity index (χ0n) is 13.6. The number of urea groups is 1. The highest BCUT2D eigenvalue weighted by Crippen LogP contribution is 2.20. The van der Waals surface area contributed by atoms with Crippen LogP contribution in [0, 0.1) is 5.92 Å². The number of hydrogen-bond acceptors (Lipinski definition) is 2. The van der Waals surface area contributed by atoms with Gasteiger partial charge in [0.1, 0.15) is 0 Å². The molecule has 122 valence electrons. The molecule has 2 heterocycles. The zero-order chi connectivity index (χ0) is 16.1. The molecule has 1 aromatic heterocycles. The summed E-state index contributed by atoms with van der Waals surface area (Å²) in [7, 11) is 0. The maximum Gasteiger partial charge on any atom is 0.321 e. The van der Waals surface area contributed by atoms with Gasteiger partial charge in [-0.1, -0.05) is 25.5 Å². The topological polar surface area (TPSA) is 50.2 Å². The van der Waals surface area contributed by atoms with Gasteiger partial charge in [0.2, 0.25) is 0 Å². The van der Waals surface area contributed by atoms with Gasteiger partial charge >= 0.3 is 6.03 Å². The summed E-state index contributed by atoms with van der Waals surface area (Å²) >= 11 is 0. The van der Waals surface area contributed by atoms with Crippen molar-refractivity contribution in [1.82, 2.24) is 14.7 Å². The normalized spacial score (nSPS) is 18.0. The molecule has 5 nitrogen and oxygen atoms in total. The minimum absolute atomic E-state index is 0.0166. The van der Waals surface area contributed by atoms with E-state index in [1.165, 1.54) is 6.42 Å². The molecule has 0 radical (unpaired) electrons. The molecule has 3 rings (SSSR count). The lowest BCUT2D eigenvalue weighted by atomic mass is 9.96. The Balaban J connectivity index is 1.56. The van der Waals surface area contributed by atoms with Crippen LogP contribution in [-0.2, 0) is 6.54 Å². The van der Waals surface area contributed by atoms with Crippen molar-refractivity contribution in [1.29, 1.82) is 0 Å². The number of amides is 2. The third kappa shape index (κ3) is 4.12. The fourth-order valence-electron chi connectivity index (χ4n) is 3.06. The third-order valence-corrected chi connectivity index (χ3v) is 4.49. The summed E-state index contributed by atoms with van der Waals surface area (Å²) in [5.74, 6) is 0.644. The van der Waals surface area contributed by atoms with E-state index in [-0.39, 0.29) is 6.03 Å². The first-order valence-electron chi connectivity index (χ1n) is 8.37. The molecule has 1 atom stereocenters. The van der Waals surface area contributed by atoms with Gasteiger partial charge in [-0.3, -0.25) is 4.68 Å². The van der Waals surface area contributed by atoms with Crippen LogP contribution >= 0.6 is 0 Å². The largest absolute Gasteiger partial charge is 0.324 e. The molecule has 23 heavy (non-hydrogen) atoms. The van der Waals surface area contributed by atoms with Crippen molar-refractivity contribution in [3.63, 3.8) is 0 Å². The molecule has 1 fully saturated rings. The summed E-state index contributed by atoms with van der Waals surface area (Å²) in [6.45, 7) is 4.68. The molecule has 1 N–H and O–H groups in total. The summed E-state index contributed by atoms with van der Waals surface area (Å²) in [5.41, 5.74) is 2.01. The molecule has 0 unspecified atom stereocenters. The van der Waals surface area contributed by atoms with Gasteiger partial charge in [-0.05, 0) is 42.5 Å². The van der Waals surface area contributed by atoms with Gasteiger partial charge in [-0.2, -0.15) is 5.10 Å². The average Bonchev–Trinajstić information content (AvgIpc) is 3.09. The molecule has 1 aliphatic rings. The molecule has 0 spiro atoms. The first-order valence-corrected chi connectivity index (χ1v) is 8.37. The number of carbonyl (C=O) groups excluding carboxylic acids is 1. The highest BCUT2D eigenvalue weighted by atomic mass is 16.2. The molecular weight excluding hydrogens is 288 g/mol. The van der Waals surface area contributed by atoms with E-state index < -0.39 is 0 Å². The third-order valence-electron chi connectivity index (χ3n) is 4.49. The molecule has 1 aromatic carbocycles. The molecule has 0 aliphatic carbocycles. The Bertz CT molecular complexity index is 621. The van der Waals surface area contributed by atoms with E-state index in [1.54, 1.807) is 6.20 Å². The lowest BCUT2D eigenvalue weighted by Crippen LogP contribution is -2.42. The maximum atomic E-state index is 12.4. The van der Waals surface area contributed by atoms with Crippen molar-refractivity contribution < 1.29 is 4.79 Å². The van der Waals surface area contributed by atoms with Crippen LogP contribution in [-0.4, -0.2) is 33.8 Å². The van der Waals surface area contributed by atoms with Crippen molar-refractivity contribution in [2.24, 2.45) is 5.92 Å². The minimum atomic E-state index is 0.0166. The Kier molecular flexibility index (Phi) is 4.95. The Hall–Kier alpha value is -2.30. The zero-order valence-corrected chi connectivity index (χ0v) is 13.6. The second-order valence-corrected chi connectivity index (χ2v) is 6.19. The lowest BCUT2D eigenvalue weighted by Gasteiger charge is -2.32. The summed E-state index contributed by atoms with van der Waals surface area (Å²) in [6.07, 6.45) is 7.20. The molecule has 1 saturated heterocycles. The monoisotopic (exact) mass is 312 g/mol. The number of carbonyl (C=O) groups is 1. The fraction of sp³-hybridized carbons (Fsp3) is 0.444. The van der Waals surface area contributed by atoms with E-state index in [2.05, 4.69) is 17.3 Å². The van der Waals surface area contributed by atoms with Crippen LogP contribution in [0.1, 0.15) is 31.7 Å². The molecule has 2 amide bonds. The number of likely N-dealkylation sites (tertiary alicyclic amines) is 1. The Morgan fingerprint density at radius 1 is 1.35 bits per heavy atom. The number of aromatic nitrogens is 2. The number of nitrogens with zero attached hydrogens (tertiary/aromatic N) is 3. The van der Waals surface area contributed by atoms with Gasteiger partial charge in [0.05, 0.1) is 6.54 Å². The summed E-state index contributed by atoms with van der Waals surface area (Å²) in [6, 6.07) is 9.90. The Morgan fingerprint density at radius 3 is 2.87 bits per heavy atom. The van der Waals surface area contributed by atoms with Crippen LogP contribution < -0.4 is 5.32 Å². The minimum Gasteiger partial charge on any atom is -0.324 e. The first kappa shape index (κ1) is 15.6. The predicted molar refractivity (Wildman–Crippen MR) is 91.4 cm³/mol. The van der Waals surface area contributed by atoms with Gasteiger partial charge in [0, 0.05) is 31.2 Å². The second-order valence-electron chi connectivity index (χ2n) is 6.19. The average molecular weight is 312 g/mol. The number of anilines is 1. The quantitative estimate of drug-likeness (QED) is 0.938. The molecule has 1 aliphatic heterocycles. The second kappa shape index (κ2) is 7.31. The van der Waals surface area contributed by atoms with Crippen LogP contribution in [0.2, 0.25) is 0 Å². The highest BCUT2D eigenvalue weighted by Gasteiger charge is 2.22. The molecular formula is C18H24N4O. The van der Waals surface area contributed by atoms with E-state index >= 15 is 0 Å². The Labute approximate surface area is 137 Å². The summed E-state index contributed by atoms with van der Waals surface area (Å²) in [4.78, 5) is 14.3. The van der Waals surface area contributed by atoms with Crippen LogP contribution in [0.3, 0.4) is 0 Å². The summed E-state index contributed by atoms with van der Waals surface area (Å²) < 4.78 is 1.88. The summed E-state index contributed by atoms with van der Waals surface area (Å²) in [5, 5.41) is 7.21. The van der Waals surface area contributed by atoms with Crippen LogP contribution in [0.5, 0.6) is 0 Å². The van der Waals surface area contributed by atoms with Gasteiger partial charge in [-0.15, -0.1) is 0 Å². The fourth-order valence-corrected chi connectivity index (χ4v) is 3.06. The van der Waals surface area contributed by atoms with E-state index in [0.29, 0.717) is 5.92 Å². The van der Waals surface area contributed by atoms with Crippen molar-refractivity contribution in [2.45, 2.75) is 32.7 Å².